The zero-order valence-corrected chi connectivity index (χ0v) is 12.1. The molecule has 0 saturated heterocycles. The molecule has 1 aromatic carbocycles. The van der Waals surface area contributed by atoms with Gasteiger partial charge in [-0.1, -0.05) is 0 Å². The van der Waals surface area contributed by atoms with Crippen LogP contribution in [0.4, 0.5) is 4.39 Å². The van der Waals surface area contributed by atoms with E-state index in [2.05, 4.69) is 4.98 Å². The van der Waals surface area contributed by atoms with Crippen molar-refractivity contribution in [3.63, 3.8) is 0 Å². The number of halogens is 1. The first-order chi connectivity index (χ1) is 9.63. The first-order valence-electron chi connectivity index (χ1n) is 6.25. The third-order valence-corrected chi connectivity index (χ3v) is 5.30. The van der Waals surface area contributed by atoms with E-state index >= 15 is 0 Å². The van der Waals surface area contributed by atoms with Gasteiger partial charge in [0.05, 0.1) is 11.4 Å². The maximum Gasteiger partial charge on any atom is 0.347 e. The summed E-state index contributed by atoms with van der Waals surface area (Å²) < 4.78 is 12.8. The van der Waals surface area contributed by atoms with Gasteiger partial charge in [-0.25, -0.2) is 14.2 Å². The fraction of sp³-hybridized carbons (Fsp3) is 0.286. The lowest BCUT2D eigenvalue weighted by atomic mass is 10.2. The number of benzene rings is 1. The van der Waals surface area contributed by atoms with Crippen molar-refractivity contribution in [3.05, 3.63) is 45.7 Å². The number of hydrogen-bond acceptors (Lipinski definition) is 4. The molecule has 20 heavy (non-hydrogen) atoms. The van der Waals surface area contributed by atoms with Crippen LogP contribution in [-0.2, 0) is 5.75 Å². The Bertz CT molecular complexity index is 635. The molecule has 1 heterocycles. The Morgan fingerprint density at radius 2 is 2.10 bits per heavy atom. The molecule has 1 N–H and O–H groups in total. The van der Waals surface area contributed by atoms with Gasteiger partial charge in [-0.2, -0.15) is 0 Å². The Kier molecular flexibility index (Phi) is 3.76. The first kappa shape index (κ1) is 13.6. The summed E-state index contributed by atoms with van der Waals surface area (Å²) in [5.74, 6) is -0.194. The Hall–Kier alpha value is -1.40. The summed E-state index contributed by atoms with van der Waals surface area (Å²) in [5, 5.41) is 10.0. The minimum atomic E-state index is -0.887. The molecule has 2 aromatic rings. The Morgan fingerprint density at radius 1 is 1.40 bits per heavy atom. The number of nitrogens with zero attached hydrogens (tertiary/aromatic N) is 1. The number of hydrogen-bond donors (Lipinski definition) is 1. The third-order valence-electron chi connectivity index (χ3n) is 3.03. The van der Waals surface area contributed by atoms with Crippen molar-refractivity contribution < 1.29 is 14.3 Å². The highest BCUT2D eigenvalue weighted by Crippen LogP contribution is 2.43. The fourth-order valence-corrected chi connectivity index (χ4v) is 3.78. The average molecular weight is 309 g/mol. The lowest BCUT2D eigenvalue weighted by Gasteiger charge is -1.98. The number of carboxylic acid groups (broad SMARTS) is 1. The molecule has 0 radical (unpaired) electrons. The zero-order valence-electron chi connectivity index (χ0n) is 10.5. The summed E-state index contributed by atoms with van der Waals surface area (Å²) in [4.78, 5) is 17.0. The summed E-state index contributed by atoms with van der Waals surface area (Å²) >= 11 is 2.79. The Morgan fingerprint density at radius 3 is 2.70 bits per heavy atom. The lowest BCUT2D eigenvalue weighted by molar-refractivity contribution is 0.0700. The number of thiazole rings is 1. The molecule has 1 fully saturated rings. The molecule has 1 aliphatic carbocycles. The summed E-state index contributed by atoms with van der Waals surface area (Å²) in [6.07, 6.45) is 2.07. The van der Waals surface area contributed by atoms with E-state index in [-0.39, 0.29) is 5.82 Å². The molecule has 0 atom stereocenters. The van der Waals surface area contributed by atoms with Crippen LogP contribution in [0, 0.1) is 5.82 Å². The maximum absolute atomic E-state index is 12.8. The number of thioether (sulfide) groups is 1. The highest BCUT2D eigenvalue weighted by atomic mass is 32.2. The van der Waals surface area contributed by atoms with E-state index in [4.69, 9.17) is 0 Å². The van der Waals surface area contributed by atoms with Gasteiger partial charge >= 0.3 is 5.97 Å². The van der Waals surface area contributed by atoms with Gasteiger partial charge in [0, 0.05) is 10.8 Å². The maximum atomic E-state index is 12.8. The van der Waals surface area contributed by atoms with Crippen LogP contribution in [0.5, 0.6) is 0 Å². The van der Waals surface area contributed by atoms with Gasteiger partial charge in [-0.15, -0.1) is 23.1 Å². The van der Waals surface area contributed by atoms with Crippen molar-refractivity contribution in [1.29, 1.82) is 0 Å². The van der Waals surface area contributed by atoms with Gasteiger partial charge in [0.25, 0.3) is 0 Å². The van der Waals surface area contributed by atoms with Crippen LogP contribution in [0.1, 0.15) is 39.1 Å². The Labute approximate surface area is 123 Å². The number of aromatic nitrogens is 1. The lowest BCUT2D eigenvalue weighted by Crippen LogP contribution is -1.97. The van der Waals surface area contributed by atoms with Crippen molar-refractivity contribution in [1.82, 2.24) is 4.98 Å². The van der Waals surface area contributed by atoms with Crippen LogP contribution in [0.3, 0.4) is 0 Å². The molecular weight excluding hydrogens is 297 g/mol. The number of carboxylic acids is 1. The highest BCUT2D eigenvalue weighted by Gasteiger charge is 2.31. The van der Waals surface area contributed by atoms with Crippen LogP contribution in [0.2, 0.25) is 0 Å². The topological polar surface area (TPSA) is 50.2 Å². The smallest absolute Gasteiger partial charge is 0.347 e. The van der Waals surface area contributed by atoms with E-state index in [0.29, 0.717) is 16.5 Å². The molecule has 3 rings (SSSR count). The van der Waals surface area contributed by atoms with Crippen LogP contribution < -0.4 is 0 Å². The van der Waals surface area contributed by atoms with Crippen molar-refractivity contribution in [2.45, 2.75) is 29.4 Å². The van der Waals surface area contributed by atoms with E-state index in [1.54, 1.807) is 12.1 Å². The van der Waals surface area contributed by atoms with Crippen molar-refractivity contribution in [3.8, 4) is 0 Å². The van der Waals surface area contributed by atoms with Gasteiger partial charge in [-0.3, -0.25) is 0 Å². The predicted molar refractivity (Wildman–Crippen MR) is 77.0 cm³/mol. The summed E-state index contributed by atoms with van der Waals surface area (Å²) in [6, 6.07) is 6.27. The molecule has 1 saturated carbocycles. The zero-order chi connectivity index (χ0) is 14.1. The van der Waals surface area contributed by atoms with E-state index < -0.39 is 5.97 Å². The highest BCUT2D eigenvalue weighted by molar-refractivity contribution is 7.98. The molecule has 3 nitrogen and oxygen atoms in total. The molecule has 0 unspecified atom stereocenters. The minimum Gasteiger partial charge on any atom is -0.477 e. The molecule has 0 spiro atoms. The second-order valence-electron chi connectivity index (χ2n) is 4.64. The van der Waals surface area contributed by atoms with Gasteiger partial charge in [-0.05, 0) is 37.1 Å². The second-order valence-corrected chi connectivity index (χ2v) is 6.78. The number of rotatable bonds is 5. The fourth-order valence-electron chi connectivity index (χ4n) is 1.90. The monoisotopic (exact) mass is 309 g/mol. The van der Waals surface area contributed by atoms with E-state index in [9.17, 15) is 14.3 Å². The van der Waals surface area contributed by atoms with Crippen LogP contribution >= 0.6 is 23.1 Å². The van der Waals surface area contributed by atoms with Gasteiger partial charge < -0.3 is 5.11 Å². The summed E-state index contributed by atoms with van der Waals surface area (Å²) in [7, 11) is 0. The minimum absolute atomic E-state index is 0.257. The third kappa shape index (κ3) is 3.02. The molecule has 1 aliphatic rings. The van der Waals surface area contributed by atoms with Crippen molar-refractivity contribution >= 4 is 29.1 Å². The molecule has 1 aromatic heterocycles. The number of aromatic carboxylic acids is 1. The molecular formula is C14H12FNO2S2. The van der Waals surface area contributed by atoms with Crippen molar-refractivity contribution in [2.24, 2.45) is 0 Å². The largest absolute Gasteiger partial charge is 0.477 e. The summed E-state index contributed by atoms with van der Waals surface area (Å²) in [6.45, 7) is 0. The predicted octanol–water partition coefficient (Wildman–Crippen LogP) is 4.15. The van der Waals surface area contributed by atoms with E-state index in [1.807, 2.05) is 0 Å². The molecule has 0 aliphatic heterocycles. The van der Waals surface area contributed by atoms with E-state index in [0.717, 1.165) is 28.4 Å². The normalized spacial score (nSPS) is 14.4. The van der Waals surface area contributed by atoms with Crippen LogP contribution in [0.25, 0.3) is 0 Å². The van der Waals surface area contributed by atoms with E-state index in [1.165, 1.54) is 35.2 Å². The molecule has 104 valence electrons. The molecule has 6 heteroatoms. The van der Waals surface area contributed by atoms with Gasteiger partial charge in [0.2, 0.25) is 0 Å². The first-order valence-corrected chi connectivity index (χ1v) is 8.05. The SMILES string of the molecule is O=C(O)c1sc(CSc2ccc(F)cc2)nc1C1CC1. The van der Waals surface area contributed by atoms with Gasteiger partial charge in [0.15, 0.2) is 0 Å². The number of carbonyl (C=O) groups is 1. The van der Waals surface area contributed by atoms with Gasteiger partial charge in [0.1, 0.15) is 15.7 Å². The quantitative estimate of drug-likeness (QED) is 0.843. The Balaban J connectivity index is 1.72. The molecule has 0 bridgehead atoms. The second kappa shape index (κ2) is 5.54. The van der Waals surface area contributed by atoms with Crippen molar-refractivity contribution in [2.75, 3.05) is 0 Å². The molecule has 0 amide bonds. The average Bonchev–Trinajstić information content (AvgIpc) is 3.18. The summed E-state index contributed by atoms with van der Waals surface area (Å²) in [5.41, 5.74) is 0.747. The van der Waals surface area contributed by atoms with Crippen LogP contribution in [-0.4, -0.2) is 16.1 Å². The standard InChI is InChI=1S/C14H12FNO2S2/c15-9-3-5-10(6-4-9)19-7-11-16-12(8-1-2-8)13(20-11)14(17)18/h3-6,8H,1-2,7H2,(H,17,18). The van der Waals surface area contributed by atoms with Crippen LogP contribution in [0.15, 0.2) is 29.2 Å².